The first-order valence-electron chi connectivity index (χ1n) is 9.08. The van der Waals surface area contributed by atoms with Crippen LogP contribution in [-0.2, 0) is 12.6 Å². The zero-order valence-electron chi connectivity index (χ0n) is 16.4. The topological polar surface area (TPSA) is 64.3 Å². The predicted octanol–water partition coefficient (Wildman–Crippen LogP) is 4.96. The SMILES string of the molecule is Cn1cc(-c2cc(C(C)(C)O)ccc2Oc2c(F)cncc2F)c2sccc2c1=O. The maximum Gasteiger partial charge on any atom is 0.259 e. The summed E-state index contributed by atoms with van der Waals surface area (Å²) in [6, 6.07) is 6.61. The van der Waals surface area contributed by atoms with Crippen LogP contribution >= 0.6 is 11.3 Å². The molecule has 154 valence electrons. The summed E-state index contributed by atoms with van der Waals surface area (Å²) in [5.41, 5.74) is 0.420. The van der Waals surface area contributed by atoms with E-state index in [-0.39, 0.29) is 11.3 Å². The van der Waals surface area contributed by atoms with E-state index in [1.54, 1.807) is 56.7 Å². The lowest BCUT2D eigenvalue weighted by Crippen LogP contribution is -2.17. The van der Waals surface area contributed by atoms with Crippen LogP contribution in [0.4, 0.5) is 8.78 Å². The van der Waals surface area contributed by atoms with Crippen molar-refractivity contribution in [1.29, 1.82) is 0 Å². The number of benzene rings is 1. The van der Waals surface area contributed by atoms with Crippen LogP contribution in [0.5, 0.6) is 11.5 Å². The molecule has 3 heterocycles. The molecular weight excluding hydrogens is 410 g/mol. The molecular formula is C22H18F2N2O3S. The normalized spacial score (nSPS) is 11.8. The van der Waals surface area contributed by atoms with Crippen LogP contribution in [0, 0.1) is 11.6 Å². The number of thiophene rings is 1. The molecule has 0 fully saturated rings. The van der Waals surface area contributed by atoms with Gasteiger partial charge in [-0.25, -0.2) is 8.78 Å². The number of nitrogens with zero attached hydrogens (tertiary/aromatic N) is 2. The summed E-state index contributed by atoms with van der Waals surface area (Å²) in [5, 5.41) is 12.8. The molecule has 0 bridgehead atoms. The molecule has 0 aliphatic heterocycles. The molecule has 0 saturated carbocycles. The number of aromatic nitrogens is 2. The van der Waals surface area contributed by atoms with Gasteiger partial charge in [0.05, 0.1) is 23.4 Å². The minimum absolute atomic E-state index is 0.151. The Kier molecular flexibility index (Phi) is 4.91. The van der Waals surface area contributed by atoms with Gasteiger partial charge in [-0.2, -0.15) is 0 Å². The van der Waals surface area contributed by atoms with Gasteiger partial charge in [-0.1, -0.05) is 6.07 Å². The van der Waals surface area contributed by atoms with E-state index in [0.29, 0.717) is 26.8 Å². The Bertz CT molecular complexity index is 1300. The van der Waals surface area contributed by atoms with Crippen LogP contribution in [0.2, 0.25) is 0 Å². The largest absolute Gasteiger partial charge is 0.450 e. The summed E-state index contributed by atoms with van der Waals surface area (Å²) >= 11 is 1.38. The molecule has 0 aliphatic carbocycles. The summed E-state index contributed by atoms with van der Waals surface area (Å²) in [4.78, 5) is 15.9. The first-order chi connectivity index (χ1) is 14.2. The van der Waals surface area contributed by atoms with E-state index in [2.05, 4.69) is 4.98 Å². The molecule has 8 heteroatoms. The number of aryl methyl sites for hydroxylation is 1. The second-order valence-electron chi connectivity index (χ2n) is 7.43. The second kappa shape index (κ2) is 7.30. The van der Waals surface area contributed by atoms with Gasteiger partial charge in [0.1, 0.15) is 5.75 Å². The molecule has 0 amide bonds. The molecule has 1 aromatic carbocycles. The van der Waals surface area contributed by atoms with Gasteiger partial charge >= 0.3 is 0 Å². The van der Waals surface area contributed by atoms with Crippen LogP contribution in [0.3, 0.4) is 0 Å². The van der Waals surface area contributed by atoms with Gasteiger partial charge in [0.25, 0.3) is 5.56 Å². The molecule has 1 N–H and O–H groups in total. The third-order valence-electron chi connectivity index (χ3n) is 4.78. The fraction of sp³-hybridized carbons (Fsp3) is 0.182. The monoisotopic (exact) mass is 428 g/mol. The fourth-order valence-corrected chi connectivity index (χ4v) is 4.11. The summed E-state index contributed by atoms with van der Waals surface area (Å²) in [7, 11) is 1.63. The maximum atomic E-state index is 14.1. The molecule has 30 heavy (non-hydrogen) atoms. The van der Waals surface area contributed by atoms with Crippen LogP contribution in [0.1, 0.15) is 19.4 Å². The number of pyridine rings is 2. The van der Waals surface area contributed by atoms with Crippen LogP contribution in [0.15, 0.2) is 53.0 Å². The van der Waals surface area contributed by atoms with Gasteiger partial charge in [0.15, 0.2) is 11.6 Å². The molecule has 4 rings (SSSR count). The van der Waals surface area contributed by atoms with E-state index in [9.17, 15) is 18.7 Å². The Balaban J connectivity index is 1.99. The van der Waals surface area contributed by atoms with Gasteiger partial charge in [-0.3, -0.25) is 9.78 Å². The quantitative estimate of drug-likeness (QED) is 0.499. The highest BCUT2D eigenvalue weighted by Crippen LogP contribution is 2.41. The molecule has 5 nitrogen and oxygen atoms in total. The zero-order valence-corrected chi connectivity index (χ0v) is 17.3. The molecule has 3 aromatic heterocycles. The minimum atomic E-state index is -1.16. The number of hydrogen-bond donors (Lipinski definition) is 1. The number of fused-ring (bicyclic) bond motifs is 1. The van der Waals surface area contributed by atoms with Crippen molar-refractivity contribution in [3.63, 3.8) is 0 Å². The molecule has 0 saturated heterocycles. The summed E-state index contributed by atoms with van der Waals surface area (Å²) in [5.74, 6) is -2.27. The Morgan fingerprint density at radius 2 is 1.83 bits per heavy atom. The number of rotatable bonds is 4. The second-order valence-corrected chi connectivity index (χ2v) is 8.34. The minimum Gasteiger partial charge on any atom is -0.450 e. The van der Waals surface area contributed by atoms with Crippen molar-refractivity contribution in [2.24, 2.45) is 7.05 Å². The highest BCUT2D eigenvalue weighted by atomic mass is 32.1. The smallest absolute Gasteiger partial charge is 0.259 e. The lowest BCUT2D eigenvalue weighted by atomic mass is 9.94. The number of aliphatic hydroxyl groups is 1. The summed E-state index contributed by atoms with van der Waals surface area (Å²) in [6.07, 6.45) is 3.39. The van der Waals surface area contributed by atoms with Gasteiger partial charge in [0, 0.05) is 29.1 Å². The van der Waals surface area contributed by atoms with Crippen molar-refractivity contribution in [2.45, 2.75) is 19.4 Å². The standard InChI is InChI=1S/C22H18F2N2O3S/c1-22(2,28)12-4-5-18(29-19-16(23)9-25-10-17(19)24)14(8-12)15-11-26(3)21(27)13-6-7-30-20(13)15/h4-11,28H,1-3H3. The van der Waals surface area contributed by atoms with Crippen LogP contribution in [0.25, 0.3) is 21.2 Å². The number of halogens is 2. The lowest BCUT2D eigenvalue weighted by Gasteiger charge is -2.21. The number of hydrogen-bond acceptors (Lipinski definition) is 5. The molecule has 4 aromatic rings. The average molecular weight is 428 g/mol. The van der Waals surface area contributed by atoms with Crippen molar-refractivity contribution in [2.75, 3.05) is 0 Å². The van der Waals surface area contributed by atoms with Gasteiger partial charge in [-0.15, -0.1) is 11.3 Å². The first-order valence-corrected chi connectivity index (χ1v) is 9.95. The van der Waals surface area contributed by atoms with Crippen molar-refractivity contribution in [1.82, 2.24) is 9.55 Å². The molecule has 0 radical (unpaired) electrons. The van der Waals surface area contributed by atoms with E-state index >= 15 is 0 Å². The van der Waals surface area contributed by atoms with E-state index < -0.39 is 23.0 Å². The molecule has 0 aliphatic rings. The third-order valence-corrected chi connectivity index (χ3v) is 5.73. The Labute approximate surface area is 174 Å². The van der Waals surface area contributed by atoms with E-state index in [0.717, 1.165) is 12.4 Å². The highest BCUT2D eigenvalue weighted by molar-refractivity contribution is 7.17. The Morgan fingerprint density at radius 3 is 2.50 bits per heavy atom. The Morgan fingerprint density at radius 1 is 1.13 bits per heavy atom. The summed E-state index contributed by atoms with van der Waals surface area (Å²) < 4.78 is 36.1. The molecule has 0 spiro atoms. The van der Waals surface area contributed by atoms with Crippen molar-refractivity contribution < 1.29 is 18.6 Å². The van der Waals surface area contributed by atoms with Crippen LogP contribution < -0.4 is 10.3 Å². The van der Waals surface area contributed by atoms with E-state index in [4.69, 9.17) is 4.74 Å². The molecule has 0 atom stereocenters. The number of ether oxygens (including phenoxy) is 1. The third kappa shape index (κ3) is 3.48. The van der Waals surface area contributed by atoms with Gasteiger partial charge < -0.3 is 14.4 Å². The van der Waals surface area contributed by atoms with E-state index in [1.165, 1.54) is 15.9 Å². The first kappa shape index (κ1) is 20.2. The Hall–Kier alpha value is -3.10. The maximum absolute atomic E-state index is 14.1. The average Bonchev–Trinajstić information content (AvgIpc) is 3.17. The zero-order chi connectivity index (χ0) is 21.6. The van der Waals surface area contributed by atoms with Gasteiger partial charge in [0.2, 0.25) is 5.75 Å². The predicted molar refractivity (Wildman–Crippen MR) is 112 cm³/mol. The van der Waals surface area contributed by atoms with Crippen molar-refractivity contribution >= 4 is 21.4 Å². The fourth-order valence-electron chi connectivity index (χ4n) is 3.20. The van der Waals surface area contributed by atoms with Crippen LogP contribution in [-0.4, -0.2) is 14.7 Å². The summed E-state index contributed by atoms with van der Waals surface area (Å²) in [6.45, 7) is 3.27. The van der Waals surface area contributed by atoms with Gasteiger partial charge in [-0.05, 0) is 43.0 Å². The molecule has 0 unspecified atom stereocenters. The highest BCUT2D eigenvalue weighted by Gasteiger charge is 2.22. The lowest BCUT2D eigenvalue weighted by molar-refractivity contribution is 0.0786. The van der Waals surface area contributed by atoms with Crippen molar-refractivity contribution in [3.8, 4) is 22.6 Å². The van der Waals surface area contributed by atoms with Crippen molar-refractivity contribution in [3.05, 3.63) is 75.8 Å². The van der Waals surface area contributed by atoms with E-state index in [1.807, 2.05) is 0 Å².